The number of benzene rings is 1. The van der Waals surface area contributed by atoms with Crippen molar-refractivity contribution >= 4 is 5.97 Å². The van der Waals surface area contributed by atoms with Crippen LogP contribution < -0.4 is 4.74 Å². The SMILES string of the molecule is COc1cc(C)c(-c2cn(CC(=O)O)cn2)cc1C. The van der Waals surface area contributed by atoms with Crippen molar-refractivity contribution in [2.24, 2.45) is 0 Å². The highest BCUT2D eigenvalue weighted by molar-refractivity contribution is 5.68. The summed E-state index contributed by atoms with van der Waals surface area (Å²) in [4.78, 5) is 14.9. The number of carbonyl (C=O) groups is 1. The van der Waals surface area contributed by atoms with Gasteiger partial charge in [0.15, 0.2) is 0 Å². The van der Waals surface area contributed by atoms with E-state index in [0.29, 0.717) is 0 Å². The van der Waals surface area contributed by atoms with Crippen molar-refractivity contribution in [1.29, 1.82) is 0 Å². The van der Waals surface area contributed by atoms with E-state index >= 15 is 0 Å². The van der Waals surface area contributed by atoms with Crippen LogP contribution in [-0.2, 0) is 11.3 Å². The fourth-order valence-corrected chi connectivity index (χ4v) is 2.03. The van der Waals surface area contributed by atoms with Crippen molar-refractivity contribution in [2.45, 2.75) is 20.4 Å². The molecule has 1 heterocycles. The number of carboxylic acid groups (broad SMARTS) is 1. The van der Waals surface area contributed by atoms with Crippen LogP contribution >= 0.6 is 0 Å². The van der Waals surface area contributed by atoms with Gasteiger partial charge in [-0.25, -0.2) is 4.98 Å². The summed E-state index contributed by atoms with van der Waals surface area (Å²) < 4.78 is 6.82. The summed E-state index contributed by atoms with van der Waals surface area (Å²) in [5.74, 6) is -0.0437. The minimum atomic E-state index is -0.883. The van der Waals surface area contributed by atoms with E-state index in [1.54, 1.807) is 17.9 Å². The van der Waals surface area contributed by atoms with Crippen molar-refractivity contribution in [2.75, 3.05) is 7.11 Å². The number of imidazole rings is 1. The van der Waals surface area contributed by atoms with Gasteiger partial charge in [-0.15, -0.1) is 0 Å². The number of aryl methyl sites for hydroxylation is 2. The molecular weight excluding hydrogens is 244 g/mol. The van der Waals surface area contributed by atoms with Crippen LogP contribution in [0, 0.1) is 13.8 Å². The van der Waals surface area contributed by atoms with Gasteiger partial charge in [-0.1, -0.05) is 0 Å². The third-order valence-corrected chi connectivity index (χ3v) is 2.97. The third-order valence-electron chi connectivity index (χ3n) is 2.97. The average Bonchev–Trinajstić information content (AvgIpc) is 2.79. The van der Waals surface area contributed by atoms with Gasteiger partial charge >= 0.3 is 5.97 Å². The molecule has 0 bridgehead atoms. The van der Waals surface area contributed by atoms with Gasteiger partial charge in [0.05, 0.1) is 19.1 Å². The molecule has 1 aromatic carbocycles. The zero-order chi connectivity index (χ0) is 14.0. The second-order valence-electron chi connectivity index (χ2n) is 4.46. The Bertz CT molecular complexity index is 617. The van der Waals surface area contributed by atoms with Crippen molar-refractivity contribution in [3.05, 3.63) is 35.8 Å². The van der Waals surface area contributed by atoms with Gasteiger partial charge < -0.3 is 14.4 Å². The van der Waals surface area contributed by atoms with Crippen molar-refractivity contribution in [1.82, 2.24) is 9.55 Å². The first-order valence-corrected chi connectivity index (χ1v) is 5.90. The molecule has 0 amide bonds. The molecule has 2 rings (SSSR count). The largest absolute Gasteiger partial charge is 0.496 e. The average molecular weight is 260 g/mol. The number of nitrogens with zero attached hydrogens (tertiary/aromatic N) is 2. The van der Waals surface area contributed by atoms with Gasteiger partial charge in [0, 0.05) is 11.8 Å². The first-order chi connectivity index (χ1) is 9.01. The van der Waals surface area contributed by atoms with Crippen molar-refractivity contribution < 1.29 is 14.6 Å². The summed E-state index contributed by atoms with van der Waals surface area (Å²) in [7, 11) is 1.64. The number of carboxylic acids is 1. The van der Waals surface area contributed by atoms with Crippen LogP contribution in [0.1, 0.15) is 11.1 Å². The molecule has 0 atom stereocenters. The molecule has 0 fully saturated rings. The Kier molecular flexibility index (Phi) is 3.55. The van der Waals surface area contributed by atoms with Crippen molar-refractivity contribution in [3.63, 3.8) is 0 Å². The highest BCUT2D eigenvalue weighted by Crippen LogP contribution is 2.28. The lowest BCUT2D eigenvalue weighted by atomic mass is 10.0. The van der Waals surface area contributed by atoms with Crippen LogP contribution in [0.2, 0.25) is 0 Å². The van der Waals surface area contributed by atoms with E-state index in [2.05, 4.69) is 4.98 Å². The van der Waals surface area contributed by atoms with Gasteiger partial charge in [0.25, 0.3) is 0 Å². The molecule has 0 saturated carbocycles. The number of hydrogen-bond donors (Lipinski definition) is 1. The van der Waals surface area contributed by atoms with E-state index in [9.17, 15) is 4.79 Å². The molecule has 0 aliphatic rings. The maximum Gasteiger partial charge on any atom is 0.323 e. The Labute approximate surface area is 111 Å². The van der Waals surface area contributed by atoms with E-state index < -0.39 is 5.97 Å². The summed E-state index contributed by atoms with van der Waals surface area (Å²) >= 11 is 0. The summed E-state index contributed by atoms with van der Waals surface area (Å²) in [5, 5.41) is 8.75. The molecule has 0 aliphatic carbocycles. The van der Waals surface area contributed by atoms with E-state index in [4.69, 9.17) is 9.84 Å². The Hall–Kier alpha value is -2.30. The van der Waals surface area contributed by atoms with Crippen LogP contribution in [-0.4, -0.2) is 27.7 Å². The molecule has 1 N–H and O–H groups in total. The van der Waals surface area contributed by atoms with E-state index in [1.165, 1.54) is 6.33 Å². The lowest BCUT2D eigenvalue weighted by Crippen LogP contribution is -2.06. The monoisotopic (exact) mass is 260 g/mol. The molecule has 0 spiro atoms. The highest BCUT2D eigenvalue weighted by atomic mass is 16.5. The second-order valence-corrected chi connectivity index (χ2v) is 4.46. The normalized spacial score (nSPS) is 10.5. The predicted octanol–water partition coefficient (Wildman–Crippen LogP) is 2.26. The summed E-state index contributed by atoms with van der Waals surface area (Å²) in [6.45, 7) is 3.87. The number of ether oxygens (including phenoxy) is 1. The first-order valence-electron chi connectivity index (χ1n) is 5.90. The summed E-state index contributed by atoms with van der Waals surface area (Å²) in [6.07, 6.45) is 3.27. The lowest BCUT2D eigenvalue weighted by molar-refractivity contribution is -0.137. The molecule has 2 aromatic rings. The number of methoxy groups -OCH3 is 1. The second kappa shape index (κ2) is 5.14. The minimum absolute atomic E-state index is 0.0822. The Morgan fingerprint density at radius 3 is 2.74 bits per heavy atom. The van der Waals surface area contributed by atoms with Crippen molar-refractivity contribution in [3.8, 4) is 17.0 Å². The van der Waals surface area contributed by atoms with Crippen LogP contribution in [0.3, 0.4) is 0 Å². The standard InChI is InChI=1S/C14H16N2O3/c1-9-5-13(19-3)10(2)4-11(9)12-6-16(8-15-12)7-14(17)18/h4-6,8H,7H2,1-3H3,(H,17,18). The zero-order valence-electron chi connectivity index (χ0n) is 11.2. The molecule has 0 saturated heterocycles. The van der Waals surface area contributed by atoms with Gasteiger partial charge in [0.1, 0.15) is 12.3 Å². The Balaban J connectivity index is 2.39. The Morgan fingerprint density at radius 1 is 1.37 bits per heavy atom. The molecule has 0 unspecified atom stereocenters. The van der Waals surface area contributed by atoms with Gasteiger partial charge in [-0.2, -0.15) is 0 Å². The lowest BCUT2D eigenvalue weighted by Gasteiger charge is -2.09. The van der Waals surface area contributed by atoms with Gasteiger partial charge in [0.2, 0.25) is 0 Å². The molecule has 1 aromatic heterocycles. The first kappa shape index (κ1) is 13.1. The molecule has 19 heavy (non-hydrogen) atoms. The van der Waals surface area contributed by atoms with Crippen LogP contribution in [0.4, 0.5) is 0 Å². The molecule has 5 heteroatoms. The molecular formula is C14H16N2O3. The number of hydrogen-bond acceptors (Lipinski definition) is 3. The summed E-state index contributed by atoms with van der Waals surface area (Å²) in [5.41, 5.74) is 3.82. The smallest absolute Gasteiger partial charge is 0.323 e. The maximum atomic E-state index is 10.7. The molecule has 0 aliphatic heterocycles. The molecule has 100 valence electrons. The third kappa shape index (κ3) is 2.76. The highest BCUT2D eigenvalue weighted by Gasteiger charge is 2.10. The van der Waals surface area contributed by atoms with E-state index in [0.717, 1.165) is 28.1 Å². The predicted molar refractivity (Wildman–Crippen MR) is 71.3 cm³/mol. The molecule has 0 radical (unpaired) electrons. The fraction of sp³-hybridized carbons (Fsp3) is 0.286. The van der Waals surface area contributed by atoms with Crippen LogP contribution in [0.5, 0.6) is 5.75 Å². The minimum Gasteiger partial charge on any atom is -0.496 e. The number of rotatable bonds is 4. The van der Waals surface area contributed by atoms with Crippen LogP contribution in [0.15, 0.2) is 24.7 Å². The van der Waals surface area contributed by atoms with Gasteiger partial charge in [-0.05, 0) is 37.1 Å². The van der Waals surface area contributed by atoms with Gasteiger partial charge in [-0.3, -0.25) is 4.79 Å². The summed E-state index contributed by atoms with van der Waals surface area (Å²) in [6, 6.07) is 3.96. The quantitative estimate of drug-likeness (QED) is 0.915. The maximum absolute atomic E-state index is 10.7. The number of aliphatic carboxylic acids is 1. The topological polar surface area (TPSA) is 64.3 Å². The fourth-order valence-electron chi connectivity index (χ4n) is 2.03. The Morgan fingerprint density at radius 2 is 2.11 bits per heavy atom. The van der Waals surface area contributed by atoms with E-state index in [1.807, 2.05) is 26.0 Å². The van der Waals surface area contributed by atoms with Crippen LogP contribution in [0.25, 0.3) is 11.3 Å². The zero-order valence-corrected chi connectivity index (χ0v) is 11.2. The number of aromatic nitrogens is 2. The van der Waals surface area contributed by atoms with E-state index in [-0.39, 0.29) is 6.54 Å². The molecule has 5 nitrogen and oxygen atoms in total.